The van der Waals surface area contributed by atoms with Crippen LogP contribution in [0.1, 0.15) is 18.5 Å². The second-order valence-electron chi connectivity index (χ2n) is 3.96. The van der Waals surface area contributed by atoms with Gasteiger partial charge in [-0.3, -0.25) is 0 Å². The quantitative estimate of drug-likeness (QED) is 0.898. The Bertz CT molecular complexity index is 509. The molecule has 1 unspecified atom stereocenters. The Balaban J connectivity index is 2.22. The van der Waals surface area contributed by atoms with Gasteiger partial charge in [0, 0.05) is 17.8 Å². The number of aromatic nitrogens is 1. The third kappa shape index (κ3) is 2.78. The molecule has 0 amide bonds. The molecule has 94 valence electrons. The number of benzene rings is 1. The minimum absolute atomic E-state index is 0.119. The van der Waals surface area contributed by atoms with E-state index in [-0.39, 0.29) is 6.04 Å². The predicted octanol–water partition coefficient (Wildman–Crippen LogP) is 2.90. The van der Waals surface area contributed by atoms with Gasteiger partial charge in [-0.05, 0) is 37.3 Å². The average molecular weight is 244 g/mol. The molecule has 1 aromatic carbocycles. The zero-order valence-corrected chi connectivity index (χ0v) is 10.5. The molecule has 0 spiro atoms. The summed E-state index contributed by atoms with van der Waals surface area (Å²) in [6, 6.07) is 11.0. The fourth-order valence-electron chi connectivity index (χ4n) is 1.59. The van der Waals surface area contributed by atoms with E-state index in [1.807, 2.05) is 43.3 Å². The van der Waals surface area contributed by atoms with Gasteiger partial charge in [0.05, 0.1) is 7.11 Å². The summed E-state index contributed by atoms with van der Waals surface area (Å²) in [7, 11) is 1.63. The predicted molar refractivity (Wildman–Crippen MR) is 69.9 cm³/mol. The Morgan fingerprint density at radius 1 is 1.11 bits per heavy atom. The van der Waals surface area contributed by atoms with Crippen LogP contribution in [-0.2, 0) is 0 Å². The van der Waals surface area contributed by atoms with E-state index in [4.69, 9.17) is 15.2 Å². The normalized spacial score (nSPS) is 11.9. The first-order valence-corrected chi connectivity index (χ1v) is 5.73. The number of nitrogens with two attached hydrogens (primary N) is 1. The number of hydrogen-bond donors (Lipinski definition) is 1. The molecule has 0 radical (unpaired) electrons. The van der Waals surface area contributed by atoms with E-state index in [0.717, 1.165) is 11.3 Å². The molecule has 0 aliphatic carbocycles. The van der Waals surface area contributed by atoms with E-state index in [1.54, 1.807) is 13.3 Å². The van der Waals surface area contributed by atoms with E-state index in [1.165, 1.54) is 0 Å². The highest BCUT2D eigenvalue weighted by Gasteiger charge is 2.09. The molecular formula is C14H16N2O2. The van der Waals surface area contributed by atoms with Gasteiger partial charge in [0.1, 0.15) is 11.5 Å². The SMILES string of the molecule is COc1ccc(Oc2ncccc2C(C)N)cc1. The molecule has 2 rings (SSSR count). The molecule has 1 atom stereocenters. The lowest BCUT2D eigenvalue weighted by atomic mass is 10.1. The van der Waals surface area contributed by atoms with Crippen LogP contribution >= 0.6 is 0 Å². The molecule has 18 heavy (non-hydrogen) atoms. The summed E-state index contributed by atoms with van der Waals surface area (Å²) < 4.78 is 10.8. The van der Waals surface area contributed by atoms with E-state index in [2.05, 4.69) is 4.98 Å². The van der Waals surface area contributed by atoms with Crippen LogP contribution in [0.4, 0.5) is 0 Å². The van der Waals surface area contributed by atoms with Crippen LogP contribution in [0.3, 0.4) is 0 Å². The van der Waals surface area contributed by atoms with Crippen LogP contribution in [0.15, 0.2) is 42.6 Å². The van der Waals surface area contributed by atoms with E-state index in [9.17, 15) is 0 Å². The largest absolute Gasteiger partial charge is 0.497 e. The maximum absolute atomic E-state index is 5.87. The molecule has 4 heteroatoms. The van der Waals surface area contributed by atoms with Crippen molar-refractivity contribution < 1.29 is 9.47 Å². The van der Waals surface area contributed by atoms with Gasteiger partial charge in [-0.25, -0.2) is 4.98 Å². The van der Waals surface area contributed by atoms with E-state index in [0.29, 0.717) is 11.6 Å². The van der Waals surface area contributed by atoms with Crippen molar-refractivity contribution >= 4 is 0 Å². The topological polar surface area (TPSA) is 57.4 Å². The third-order valence-electron chi connectivity index (χ3n) is 2.57. The van der Waals surface area contributed by atoms with Gasteiger partial charge in [0.2, 0.25) is 5.88 Å². The van der Waals surface area contributed by atoms with Crippen molar-refractivity contribution in [3.05, 3.63) is 48.2 Å². The molecule has 0 bridgehead atoms. The molecule has 0 aliphatic heterocycles. The van der Waals surface area contributed by atoms with Crippen molar-refractivity contribution in [3.8, 4) is 17.4 Å². The first kappa shape index (κ1) is 12.4. The van der Waals surface area contributed by atoms with Crippen molar-refractivity contribution in [1.82, 2.24) is 4.98 Å². The first-order chi connectivity index (χ1) is 8.70. The van der Waals surface area contributed by atoms with Crippen LogP contribution in [0.2, 0.25) is 0 Å². The Hall–Kier alpha value is -2.07. The summed E-state index contributed by atoms with van der Waals surface area (Å²) in [4.78, 5) is 4.20. The van der Waals surface area contributed by atoms with Crippen LogP contribution in [-0.4, -0.2) is 12.1 Å². The fourth-order valence-corrected chi connectivity index (χ4v) is 1.59. The molecule has 2 N–H and O–H groups in total. The third-order valence-corrected chi connectivity index (χ3v) is 2.57. The van der Waals surface area contributed by atoms with Crippen molar-refractivity contribution in [1.29, 1.82) is 0 Å². The Morgan fingerprint density at radius 3 is 2.39 bits per heavy atom. The van der Waals surface area contributed by atoms with Gasteiger partial charge in [0.15, 0.2) is 0 Å². The van der Waals surface area contributed by atoms with Crippen molar-refractivity contribution in [2.24, 2.45) is 5.73 Å². The molecule has 0 saturated heterocycles. The molecule has 1 aromatic heterocycles. The number of ether oxygens (including phenoxy) is 2. The number of rotatable bonds is 4. The van der Waals surface area contributed by atoms with Gasteiger partial charge in [-0.15, -0.1) is 0 Å². The minimum atomic E-state index is -0.119. The maximum atomic E-state index is 5.87. The molecule has 1 heterocycles. The highest BCUT2D eigenvalue weighted by atomic mass is 16.5. The Labute approximate surface area is 106 Å². The highest BCUT2D eigenvalue weighted by Crippen LogP contribution is 2.27. The Morgan fingerprint density at radius 2 is 1.78 bits per heavy atom. The zero-order chi connectivity index (χ0) is 13.0. The number of methoxy groups -OCH3 is 1. The van der Waals surface area contributed by atoms with Gasteiger partial charge < -0.3 is 15.2 Å². The maximum Gasteiger partial charge on any atom is 0.223 e. The minimum Gasteiger partial charge on any atom is -0.497 e. The lowest BCUT2D eigenvalue weighted by molar-refractivity contribution is 0.411. The molecule has 0 aliphatic rings. The fraction of sp³-hybridized carbons (Fsp3) is 0.214. The van der Waals surface area contributed by atoms with Gasteiger partial charge in [0.25, 0.3) is 0 Å². The number of pyridine rings is 1. The summed E-state index contributed by atoms with van der Waals surface area (Å²) in [6.45, 7) is 1.90. The van der Waals surface area contributed by atoms with Crippen LogP contribution in [0.25, 0.3) is 0 Å². The molecule has 0 saturated carbocycles. The van der Waals surface area contributed by atoms with E-state index >= 15 is 0 Å². The standard InChI is InChI=1S/C14H16N2O2/c1-10(15)13-4-3-9-16-14(13)18-12-7-5-11(17-2)6-8-12/h3-10H,15H2,1-2H3. The molecule has 0 fully saturated rings. The lowest BCUT2D eigenvalue weighted by Crippen LogP contribution is -2.07. The molecule has 2 aromatic rings. The number of nitrogens with zero attached hydrogens (tertiary/aromatic N) is 1. The summed E-state index contributed by atoms with van der Waals surface area (Å²) >= 11 is 0. The summed E-state index contributed by atoms with van der Waals surface area (Å²) in [5, 5.41) is 0. The first-order valence-electron chi connectivity index (χ1n) is 5.73. The lowest BCUT2D eigenvalue weighted by Gasteiger charge is -2.12. The monoisotopic (exact) mass is 244 g/mol. The van der Waals surface area contributed by atoms with Crippen LogP contribution in [0, 0.1) is 0 Å². The van der Waals surface area contributed by atoms with E-state index < -0.39 is 0 Å². The van der Waals surface area contributed by atoms with Crippen molar-refractivity contribution in [2.45, 2.75) is 13.0 Å². The van der Waals surface area contributed by atoms with Crippen LogP contribution < -0.4 is 15.2 Å². The molecular weight excluding hydrogens is 228 g/mol. The summed E-state index contributed by atoms with van der Waals surface area (Å²) in [5.41, 5.74) is 6.76. The van der Waals surface area contributed by atoms with Gasteiger partial charge >= 0.3 is 0 Å². The van der Waals surface area contributed by atoms with Crippen molar-refractivity contribution in [3.63, 3.8) is 0 Å². The number of hydrogen-bond acceptors (Lipinski definition) is 4. The second-order valence-corrected chi connectivity index (χ2v) is 3.96. The summed E-state index contributed by atoms with van der Waals surface area (Å²) in [5.74, 6) is 2.03. The van der Waals surface area contributed by atoms with Gasteiger partial charge in [-0.2, -0.15) is 0 Å². The summed E-state index contributed by atoms with van der Waals surface area (Å²) in [6.07, 6.45) is 1.69. The van der Waals surface area contributed by atoms with Crippen LogP contribution in [0.5, 0.6) is 17.4 Å². The van der Waals surface area contributed by atoms with Gasteiger partial charge in [-0.1, -0.05) is 6.07 Å². The Kier molecular flexibility index (Phi) is 3.79. The second kappa shape index (κ2) is 5.51. The molecule has 4 nitrogen and oxygen atoms in total. The highest BCUT2D eigenvalue weighted by molar-refractivity contribution is 5.36. The zero-order valence-electron chi connectivity index (χ0n) is 10.5. The average Bonchev–Trinajstić information content (AvgIpc) is 2.40. The smallest absolute Gasteiger partial charge is 0.223 e. The van der Waals surface area contributed by atoms with Crippen molar-refractivity contribution in [2.75, 3.05) is 7.11 Å².